The topological polar surface area (TPSA) is 209 Å². The molecule has 0 aliphatic heterocycles. The van der Waals surface area contributed by atoms with Gasteiger partial charge in [-0.2, -0.15) is 24.4 Å². The minimum absolute atomic E-state index is 0.0205. The molecule has 1 heterocycles. The third kappa shape index (κ3) is 9.26. The van der Waals surface area contributed by atoms with Crippen molar-refractivity contribution < 1.29 is 29.1 Å². The third-order valence-electron chi connectivity index (χ3n) is 5.81. The van der Waals surface area contributed by atoms with Gasteiger partial charge in [-0.3, -0.25) is 19.2 Å². The van der Waals surface area contributed by atoms with Gasteiger partial charge in [-0.05, 0) is 36.5 Å². The molecule has 0 aliphatic carbocycles. The number of thiol groups is 1. The summed E-state index contributed by atoms with van der Waals surface area (Å²) in [5.41, 5.74) is 12.4. The second-order valence-corrected chi connectivity index (χ2v) is 10.0. The molecule has 0 saturated heterocycles. The number of carboxylic acid groups (broad SMARTS) is 1. The molecule has 38 heavy (non-hydrogen) atoms. The number of primary amides is 1. The molecular formula is C24H34N6O6S2. The van der Waals surface area contributed by atoms with Crippen molar-refractivity contribution >= 4 is 64.9 Å². The van der Waals surface area contributed by atoms with E-state index in [1.807, 2.05) is 30.5 Å². The maximum absolute atomic E-state index is 13.0. The molecule has 0 aliphatic rings. The zero-order valence-electron chi connectivity index (χ0n) is 20.9. The molecule has 14 heteroatoms. The van der Waals surface area contributed by atoms with Crippen LogP contribution in [0, 0.1) is 0 Å². The van der Waals surface area contributed by atoms with Gasteiger partial charge in [0.1, 0.15) is 18.1 Å². The smallest absolute Gasteiger partial charge is 0.326 e. The molecule has 4 unspecified atom stereocenters. The van der Waals surface area contributed by atoms with Gasteiger partial charge in [-0.25, -0.2) is 4.79 Å². The molecule has 208 valence electrons. The lowest BCUT2D eigenvalue weighted by Gasteiger charge is -2.24. The van der Waals surface area contributed by atoms with Crippen LogP contribution < -0.4 is 27.4 Å². The number of aliphatic carboxylic acids is 1. The van der Waals surface area contributed by atoms with Crippen LogP contribution in [0.3, 0.4) is 0 Å². The van der Waals surface area contributed by atoms with Crippen molar-refractivity contribution in [2.24, 2.45) is 11.5 Å². The quantitative estimate of drug-likeness (QED) is 0.124. The number of carbonyl (C=O) groups is 5. The van der Waals surface area contributed by atoms with E-state index in [-0.39, 0.29) is 31.4 Å². The Labute approximate surface area is 229 Å². The predicted molar refractivity (Wildman–Crippen MR) is 149 cm³/mol. The number of amides is 4. The minimum Gasteiger partial charge on any atom is -0.480 e. The van der Waals surface area contributed by atoms with E-state index in [0.29, 0.717) is 11.3 Å². The van der Waals surface area contributed by atoms with Gasteiger partial charge in [0.15, 0.2) is 0 Å². The third-order valence-corrected chi connectivity index (χ3v) is 6.82. The van der Waals surface area contributed by atoms with Gasteiger partial charge in [0.25, 0.3) is 0 Å². The number of aromatic nitrogens is 1. The van der Waals surface area contributed by atoms with Crippen molar-refractivity contribution in [2.45, 2.75) is 49.9 Å². The number of carbonyl (C=O) groups excluding carboxylic acids is 4. The van der Waals surface area contributed by atoms with Gasteiger partial charge >= 0.3 is 5.97 Å². The average Bonchev–Trinajstić information content (AvgIpc) is 3.29. The first-order valence-corrected chi connectivity index (χ1v) is 13.9. The van der Waals surface area contributed by atoms with E-state index in [9.17, 15) is 29.1 Å². The molecule has 4 amide bonds. The Morgan fingerprint density at radius 1 is 1.00 bits per heavy atom. The van der Waals surface area contributed by atoms with Crippen LogP contribution in [0.1, 0.15) is 24.8 Å². The van der Waals surface area contributed by atoms with Gasteiger partial charge in [0.2, 0.25) is 23.6 Å². The van der Waals surface area contributed by atoms with Gasteiger partial charge in [0.05, 0.1) is 6.04 Å². The van der Waals surface area contributed by atoms with Crippen molar-refractivity contribution in [3.63, 3.8) is 0 Å². The largest absolute Gasteiger partial charge is 0.480 e. The van der Waals surface area contributed by atoms with E-state index < -0.39 is 53.8 Å². The number of carboxylic acids is 1. The minimum atomic E-state index is -1.25. The normalized spacial score (nSPS) is 14.2. The molecule has 12 nitrogen and oxygen atoms in total. The van der Waals surface area contributed by atoms with Crippen molar-refractivity contribution in [2.75, 3.05) is 17.8 Å². The SMILES string of the molecule is CSCCC(NC(=O)C(N)CCC(N)=O)C(=O)NC(CS)C(=O)NC(Cc1c[nH]c2ccccc12)C(=O)O. The van der Waals surface area contributed by atoms with Crippen LogP contribution in [-0.4, -0.2) is 81.6 Å². The van der Waals surface area contributed by atoms with Crippen LogP contribution >= 0.6 is 24.4 Å². The monoisotopic (exact) mass is 566 g/mol. The Morgan fingerprint density at radius 3 is 2.26 bits per heavy atom. The Hall–Kier alpha value is -3.23. The molecule has 0 bridgehead atoms. The van der Waals surface area contributed by atoms with Crippen molar-refractivity contribution in [1.82, 2.24) is 20.9 Å². The number of nitrogens with one attached hydrogen (secondary N) is 4. The van der Waals surface area contributed by atoms with Gasteiger partial charge in [0, 0.05) is 35.7 Å². The van der Waals surface area contributed by atoms with Gasteiger partial charge in [-0.1, -0.05) is 18.2 Å². The van der Waals surface area contributed by atoms with Crippen LogP contribution in [0.4, 0.5) is 0 Å². The van der Waals surface area contributed by atoms with Gasteiger partial charge < -0.3 is 37.5 Å². The summed E-state index contributed by atoms with van der Waals surface area (Å²) in [6.45, 7) is 0. The molecule has 1 aromatic heterocycles. The Morgan fingerprint density at radius 2 is 1.63 bits per heavy atom. The number of para-hydroxylation sites is 1. The number of H-pyrrole nitrogens is 1. The highest BCUT2D eigenvalue weighted by molar-refractivity contribution is 7.98. The summed E-state index contributed by atoms with van der Waals surface area (Å²) in [6.07, 6.45) is 3.74. The molecule has 0 saturated carbocycles. The molecule has 0 fully saturated rings. The molecule has 4 atom stereocenters. The fraction of sp³-hybridized carbons (Fsp3) is 0.458. The number of hydrogen-bond acceptors (Lipinski definition) is 8. The Balaban J connectivity index is 2.06. The van der Waals surface area contributed by atoms with E-state index in [4.69, 9.17) is 11.5 Å². The van der Waals surface area contributed by atoms with Crippen LogP contribution in [-0.2, 0) is 30.4 Å². The summed E-state index contributed by atoms with van der Waals surface area (Å²) in [4.78, 5) is 64.3. The second-order valence-electron chi connectivity index (χ2n) is 8.66. The first kappa shape index (κ1) is 31.0. The number of hydrogen-bond donors (Lipinski definition) is 8. The maximum atomic E-state index is 13.0. The number of nitrogens with two attached hydrogens (primary N) is 2. The zero-order valence-corrected chi connectivity index (χ0v) is 22.6. The number of benzene rings is 1. The molecular weight excluding hydrogens is 532 g/mol. The highest BCUT2D eigenvalue weighted by Gasteiger charge is 2.30. The van der Waals surface area contributed by atoms with Crippen LogP contribution in [0.5, 0.6) is 0 Å². The highest BCUT2D eigenvalue weighted by Crippen LogP contribution is 2.19. The Bertz CT molecular complexity index is 1140. The lowest BCUT2D eigenvalue weighted by molar-refractivity contribution is -0.142. The fourth-order valence-corrected chi connectivity index (χ4v) is 4.40. The van der Waals surface area contributed by atoms with Crippen molar-refractivity contribution in [3.8, 4) is 0 Å². The number of thioether (sulfide) groups is 1. The molecule has 9 N–H and O–H groups in total. The van der Waals surface area contributed by atoms with Gasteiger partial charge in [-0.15, -0.1) is 0 Å². The maximum Gasteiger partial charge on any atom is 0.326 e. The summed E-state index contributed by atoms with van der Waals surface area (Å²) in [5.74, 6) is -3.43. The van der Waals surface area contributed by atoms with E-state index in [1.54, 1.807) is 6.20 Å². The standard InChI is InChI=1S/C24H34N6O6S2/c1-38-9-8-17(28-21(32)15(25)6-7-20(26)31)22(33)30-19(12-37)23(34)29-18(24(35)36)10-13-11-27-16-5-3-2-4-14(13)16/h2-5,11,15,17-19,27,37H,6-10,12,25H2,1H3,(H2,26,31)(H,28,32)(H,29,34)(H,30,33)(H,35,36). The second kappa shape index (κ2) is 15.2. The summed E-state index contributed by atoms with van der Waals surface area (Å²) < 4.78 is 0. The summed E-state index contributed by atoms with van der Waals surface area (Å²) in [6, 6.07) is 2.92. The highest BCUT2D eigenvalue weighted by atomic mass is 32.2. The van der Waals surface area contributed by atoms with E-state index in [2.05, 4.69) is 33.6 Å². The summed E-state index contributed by atoms with van der Waals surface area (Å²) >= 11 is 5.60. The average molecular weight is 567 g/mol. The number of aromatic amines is 1. The van der Waals surface area contributed by atoms with Crippen molar-refractivity contribution in [3.05, 3.63) is 36.0 Å². The van der Waals surface area contributed by atoms with Crippen molar-refractivity contribution in [1.29, 1.82) is 0 Å². The predicted octanol–water partition coefficient (Wildman–Crippen LogP) is -0.475. The van der Waals surface area contributed by atoms with E-state index >= 15 is 0 Å². The number of rotatable bonds is 16. The fourth-order valence-electron chi connectivity index (χ4n) is 3.67. The first-order chi connectivity index (χ1) is 18.1. The molecule has 2 rings (SSSR count). The summed E-state index contributed by atoms with van der Waals surface area (Å²) in [7, 11) is 0. The first-order valence-electron chi connectivity index (χ1n) is 11.9. The Kier molecular flexibility index (Phi) is 12.4. The van der Waals surface area contributed by atoms with E-state index in [1.165, 1.54) is 11.8 Å². The molecule has 0 spiro atoms. The lowest BCUT2D eigenvalue weighted by atomic mass is 10.0. The van der Waals surface area contributed by atoms with E-state index in [0.717, 1.165) is 10.9 Å². The van der Waals surface area contributed by atoms with Crippen LogP contribution in [0.25, 0.3) is 10.9 Å². The summed E-state index contributed by atoms with van der Waals surface area (Å²) in [5, 5.41) is 18.1. The van der Waals surface area contributed by atoms with Crippen LogP contribution in [0.15, 0.2) is 30.5 Å². The molecule has 1 aromatic carbocycles. The van der Waals surface area contributed by atoms with Crippen LogP contribution in [0.2, 0.25) is 0 Å². The number of fused-ring (bicyclic) bond motifs is 1. The molecule has 2 aromatic rings. The molecule has 0 radical (unpaired) electrons. The lowest BCUT2D eigenvalue weighted by Crippen LogP contribution is -2.58. The zero-order chi connectivity index (χ0) is 28.2.